The number of piperazine rings is 1. The van der Waals surface area contributed by atoms with Crippen LogP contribution in [-0.4, -0.2) is 78.9 Å². The van der Waals surface area contributed by atoms with E-state index in [-0.39, 0.29) is 0 Å². The third-order valence-electron chi connectivity index (χ3n) is 5.76. The normalized spacial score (nSPS) is 24.6. The predicted octanol–water partition coefficient (Wildman–Crippen LogP) is 1.12. The fraction of sp³-hybridized carbons (Fsp3) is 0.889. The Morgan fingerprint density at radius 2 is 1.54 bits per heavy atom. The fourth-order valence-corrected chi connectivity index (χ4v) is 3.81. The number of nitrogens with two attached hydrogens (primary N) is 1. The van der Waals surface area contributed by atoms with E-state index in [1.165, 1.54) is 32.1 Å². The van der Waals surface area contributed by atoms with E-state index in [1.54, 1.807) is 0 Å². The number of carbonyl (C=O) groups excluding carboxylic acids is 1. The number of hydrogen-bond donors (Lipinski definition) is 1. The SMILES string of the molecule is NC(=NCCN1CCN(C(=O)C2CCC2)CC1)N1CCCCCC1. The van der Waals surface area contributed by atoms with Gasteiger partial charge in [-0.2, -0.15) is 0 Å². The molecule has 2 heterocycles. The molecule has 6 heteroatoms. The van der Waals surface area contributed by atoms with Gasteiger partial charge in [-0.05, 0) is 25.7 Å². The van der Waals surface area contributed by atoms with Crippen LogP contribution in [0.5, 0.6) is 0 Å². The average Bonchev–Trinajstić information content (AvgIpc) is 2.83. The van der Waals surface area contributed by atoms with E-state index in [0.717, 1.165) is 71.2 Å². The van der Waals surface area contributed by atoms with Crippen molar-refractivity contribution in [2.75, 3.05) is 52.4 Å². The largest absolute Gasteiger partial charge is 0.370 e. The summed E-state index contributed by atoms with van der Waals surface area (Å²) in [5.41, 5.74) is 6.15. The number of likely N-dealkylation sites (tertiary alicyclic amines) is 1. The maximum atomic E-state index is 12.3. The number of aliphatic imine (C=N–C) groups is 1. The molecule has 3 fully saturated rings. The molecule has 0 aromatic rings. The van der Waals surface area contributed by atoms with Crippen LogP contribution in [0.4, 0.5) is 0 Å². The van der Waals surface area contributed by atoms with Gasteiger partial charge in [-0.25, -0.2) is 0 Å². The second kappa shape index (κ2) is 8.70. The molecule has 2 saturated heterocycles. The smallest absolute Gasteiger partial charge is 0.225 e. The summed E-state index contributed by atoms with van der Waals surface area (Å²) >= 11 is 0. The standard InChI is InChI=1S/C18H33N5O/c19-18(23-9-3-1-2-4-10-23)20-8-11-21-12-14-22(15-13-21)17(24)16-6-5-7-16/h16H,1-15H2,(H2,19,20). The highest BCUT2D eigenvalue weighted by atomic mass is 16.2. The van der Waals surface area contributed by atoms with Crippen molar-refractivity contribution in [3.63, 3.8) is 0 Å². The molecule has 1 amide bonds. The second-order valence-electron chi connectivity index (χ2n) is 7.44. The number of carbonyl (C=O) groups is 1. The van der Waals surface area contributed by atoms with Crippen LogP contribution in [0.3, 0.4) is 0 Å². The van der Waals surface area contributed by atoms with Crippen LogP contribution in [0, 0.1) is 5.92 Å². The third kappa shape index (κ3) is 4.62. The molecule has 0 atom stereocenters. The van der Waals surface area contributed by atoms with Crippen molar-refractivity contribution in [3.05, 3.63) is 0 Å². The molecule has 3 aliphatic rings. The van der Waals surface area contributed by atoms with Crippen LogP contribution in [-0.2, 0) is 4.79 Å². The quantitative estimate of drug-likeness (QED) is 0.618. The number of hydrogen-bond acceptors (Lipinski definition) is 3. The summed E-state index contributed by atoms with van der Waals surface area (Å²) in [5.74, 6) is 1.44. The second-order valence-corrected chi connectivity index (χ2v) is 7.44. The summed E-state index contributed by atoms with van der Waals surface area (Å²) in [4.78, 5) is 23.6. The zero-order valence-corrected chi connectivity index (χ0v) is 15.0. The Morgan fingerprint density at radius 1 is 0.875 bits per heavy atom. The molecule has 0 bridgehead atoms. The van der Waals surface area contributed by atoms with Crippen molar-refractivity contribution >= 4 is 11.9 Å². The monoisotopic (exact) mass is 335 g/mol. The van der Waals surface area contributed by atoms with Gasteiger partial charge in [-0.1, -0.05) is 19.3 Å². The molecule has 6 nitrogen and oxygen atoms in total. The topological polar surface area (TPSA) is 65.2 Å². The molecule has 2 aliphatic heterocycles. The van der Waals surface area contributed by atoms with Gasteiger partial charge in [-0.3, -0.25) is 14.7 Å². The van der Waals surface area contributed by atoms with Crippen LogP contribution in [0.25, 0.3) is 0 Å². The van der Waals surface area contributed by atoms with E-state index in [4.69, 9.17) is 5.73 Å². The van der Waals surface area contributed by atoms with Crippen LogP contribution in [0.2, 0.25) is 0 Å². The first-order valence-electron chi connectivity index (χ1n) is 9.80. The number of guanidine groups is 1. The Labute approximate surface area is 146 Å². The molecule has 24 heavy (non-hydrogen) atoms. The molecule has 136 valence electrons. The van der Waals surface area contributed by atoms with Gasteiger partial charge in [0.1, 0.15) is 0 Å². The Bertz CT molecular complexity index is 433. The van der Waals surface area contributed by atoms with Crippen molar-refractivity contribution in [2.24, 2.45) is 16.6 Å². The fourth-order valence-electron chi connectivity index (χ4n) is 3.81. The van der Waals surface area contributed by atoms with Crippen LogP contribution in [0.1, 0.15) is 44.9 Å². The summed E-state index contributed by atoms with van der Waals surface area (Å²) in [6.07, 6.45) is 8.52. The van der Waals surface area contributed by atoms with Crippen molar-refractivity contribution in [2.45, 2.75) is 44.9 Å². The minimum Gasteiger partial charge on any atom is -0.370 e. The summed E-state index contributed by atoms with van der Waals surface area (Å²) in [7, 11) is 0. The predicted molar refractivity (Wildman–Crippen MR) is 96.9 cm³/mol. The van der Waals surface area contributed by atoms with Crippen molar-refractivity contribution in [1.29, 1.82) is 0 Å². The highest BCUT2D eigenvalue weighted by molar-refractivity contribution is 5.79. The van der Waals surface area contributed by atoms with Crippen LogP contribution >= 0.6 is 0 Å². The lowest BCUT2D eigenvalue weighted by Gasteiger charge is -2.38. The van der Waals surface area contributed by atoms with Gasteiger partial charge < -0.3 is 15.5 Å². The Morgan fingerprint density at radius 3 is 2.12 bits per heavy atom. The summed E-state index contributed by atoms with van der Waals surface area (Å²) in [6.45, 7) is 7.50. The molecule has 0 aromatic heterocycles. The van der Waals surface area contributed by atoms with Crippen molar-refractivity contribution < 1.29 is 4.79 Å². The van der Waals surface area contributed by atoms with E-state index in [0.29, 0.717) is 11.8 Å². The Hall–Kier alpha value is -1.30. The van der Waals surface area contributed by atoms with Gasteiger partial charge in [-0.15, -0.1) is 0 Å². The first kappa shape index (κ1) is 17.5. The van der Waals surface area contributed by atoms with E-state index in [2.05, 4.69) is 19.7 Å². The molecule has 3 rings (SSSR count). The van der Waals surface area contributed by atoms with Crippen molar-refractivity contribution in [1.82, 2.24) is 14.7 Å². The van der Waals surface area contributed by atoms with E-state index < -0.39 is 0 Å². The first-order chi connectivity index (χ1) is 11.7. The molecule has 0 spiro atoms. The van der Waals surface area contributed by atoms with Crippen LogP contribution in [0.15, 0.2) is 4.99 Å². The summed E-state index contributed by atoms with van der Waals surface area (Å²) in [6, 6.07) is 0. The Kier molecular flexibility index (Phi) is 6.35. The minimum absolute atomic E-state index is 0.328. The summed E-state index contributed by atoms with van der Waals surface area (Å²) in [5, 5.41) is 0. The van der Waals surface area contributed by atoms with E-state index >= 15 is 0 Å². The zero-order chi connectivity index (χ0) is 16.8. The molecule has 0 radical (unpaired) electrons. The highest BCUT2D eigenvalue weighted by Crippen LogP contribution is 2.28. The third-order valence-corrected chi connectivity index (χ3v) is 5.76. The van der Waals surface area contributed by atoms with Gasteiger partial charge in [0.05, 0.1) is 6.54 Å². The molecule has 0 unspecified atom stereocenters. The lowest BCUT2D eigenvalue weighted by Crippen LogP contribution is -2.51. The zero-order valence-electron chi connectivity index (χ0n) is 15.0. The first-order valence-corrected chi connectivity index (χ1v) is 9.80. The maximum absolute atomic E-state index is 12.3. The minimum atomic E-state index is 0.328. The molecule has 1 saturated carbocycles. The van der Waals surface area contributed by atoms with E-state index in [9.17, 15) is 4.79 Å². The van der Waals surface area contributed by atoms with Gasteiger partial charge >= 0.3 is 0 Å². The molecule has 1 aliphatic carbocycles. The maximum Gasteiger partial charge on any atom is 0.225 e. The van der Waals surface area contributed by atoms with Gasteiger partial charge in [0.25, 0.3) is 0 Å². The van der Waals surface area contributed by atoms with E-state index in [1.807, 2.05) is 0 Å². The van der Waals surface area contributed by atoms with Gasteiger partial charge in [0.15, 0.2) is 5.96 Å². The molecule has 2 N–H and O–H groups in total. The number of amides is 1. The van der Waals surface area contributed by atoms with Crippen molar-refractivity contribution in [3.8, 4) is 0 Å². The molecular formula is C18H33N5O. The highest BCUT2D eigenvalue weighted by Gasteiger charge is 2.30. The van der Waals surface area contributed by atoms with Gasteiger partial charge in [0, 0.05) is 51.7 Å². The lowest BCUT2D eigenvalue weighted by molar-refractivity contribution is -0.139. The average molecular weight is 335 g/mol. The summed E-state index contributed by atoms with van der Waals surface area (Å²) < 4.78 is 0. The van der Waals surface area contributed by atoms with Crippen LogP contribution < -0.4 is 5.73 Å². The number of rotatable bonds is 4. The number of nitrogens with zero attached hydrogens (tertiary/aromatic N) is 4. The molecular weight excluding hydrogens is 302 g/mol. The Balaban J connectivity index is 1.35. The molecule has 0 aromatic carbocycles. The van der Waals surface area contributed by atoms with Gasteiger partial charge in [0.2, 0.25) is 5.91 Å². The lowest BCUT2D eigenvalue weighted by atomic mass is 9.84.